The van der Waals surface area contributed by atoms with Gasteiger partial charge in [0.05, 0.1) is 6.61 Å². The first-order chi connectivity index (χ1) is 7.68. The lowest BCUT2D eigenvalue weighted by Crippen LogP contribution is -2.50. The van der Waals surface area contributed by atoms with E-state index in [0.717, 1.165) is 25.8 Å². The molecule has 1 aliphatic rings. The van der Waals surface area contributed by atoms with Crippen LogP contribution in [0.1, 0.15) is 51.4 Å². The molecule has 1 fully saturated rings. The van der Waals surface area contributed by atoms with Crippen molar-refractivity contribution in [3.63, 3.8) is 0 Å². The summed E-state index contributed by atoms with van der Waals surface area (Å²) in [5.74, 6) is -0.727. The third-order valence-electron chi connectivity index (χ3n) is 3.43. The zero-order valence-corrected chi connectivity index (χ0v) is 9.87. The van der Waals surface area contributed by atoms with Gasteiger partial charge in [0.15, 0.2) is 0 Å². The van der Waals surface area contributed by atoms with E-state index in [1.807, 2.05) is 0 Å². The first-order valence-electron chi connectivity index (χ1n) is 6.26. The molecule has 1 aliphatic carbocycles. The molecule has 94 valence electrons. The van der Waals surface area contributed by atoms with E-state index in [0.29, 0.717) is 6.42 Å². The Bertz CT molecular complexity index is 212. The first kappa shape index (κ1) is 13.5. The molecule has 0 unspecified atom stereocenters. The average molecular weight is 229 g/mol. The molecule has 0 aromatic carbocycles. The van der Waals surface area contributed by atoms with Gasteiger partial charge in [-0.1, -0.05) is 19.3 Å². The van der Waals surface area contributed by atoms with Gasteiger partial charge in [-0.05, 0) is 32.2 Å². The highest BCUT2D eigenvalue weighted by Crippen LogP contribution is 2.27. The smallest absolute Gasteiger partial charge is 0.303 e. The van der Waals surface area contributed by atoms with Crippen LogP contribution in [0, 0.1) is 0 Å². The summed E-state index contributed by atoms with van der Waals surface area (Å²) >= 11 is 0. The summed E-state index contributed by atoms with van der Waals surface area (Å²) in [7, 11) is 0. The number of aliphatic hydroxyl groups is 1. The summed E-state index contributed by atoms with van der Waals surface area (Å²) in [5, 5.41) is 21.3. The lowest BCUT2D eigenvalue weighted by Gasteiger charge is -2.36. The van der Waals surface area contributed by atoms with Crippen LogP contribution in [0.5, 0.6) is 0 Å². The normalized spacial score (nSPS) is 19.6. The van der Waals surface area contributed by atoms with E-state index in [-0.39, 0.29) is 18.6 Å². The van der Waals surface area contributed by atoms with Crippen LogP contribution in [0.3, 0.4) is 0 Å². The van der Waals surface area contributed by atoms with Gasteiger partial charge in [0.2, 0.25) is 0 Å². The Morgan fingerprint density at radius 3 is 2.44 bits per heavy atom. The zero-order chi connectivity index (χ0) is 11.9. The van der Waals surface area contributed by atoms with E-state index in [1.54, 1.807) is 0 Å². The van der Waals surface area contributed by atoms with Crippen LogP contribution in [0.25, 0.3) is 0 Å². The Morgan fingerprint density at radius 2 is 1.88 bits per heavy atom. The van der Waals surface area contributed by atoms with Crippen molar-refractivity contribution in [3.8, 4) is 0 Å². The Labute approximate surface area is 97.0 Å². The number of aliphatic carboxylic acids is 1. The number of carboxylic acid groups (broad SMARTS) is 1. The Hall–Kier alpha value is -0.610. The summed E-state index contributed by atoms with van der Waals surface area (Å²) < 4.78 is 0. The van der Waals surface area contributed by atoms with Gasteiger partial charge >= 0.3 is 5.97 Å². The second-order valence-corrected chi connectivity index (χ2v) is 4.78. The van der Waals surface area contributed by atoms with E-state index in [9.17, 15) is 9.90 Å². The molecule has 0 bridgehead atoms. The second kappa shape index (κ2) is 6.86. The maximum atomic E-state index is 10.3. The van der Waals surface area contributed by atoms with Crippen molar-refractivity contribution in [1.82, 2.24) is 5.32 Å². The fraction of sp³-hybridized carbons (Fsp3) is 0.917. The molecule has 0 radical (unpaired) electrons. The molecule has 0 saturated heterocycles. The van der Waals surface area contributed by atoms with Crippen LogP contribution in [-0.4, -0.2) is 34.9 Å². The predicted molar refractivity (Wildman–Crippen MR) is 62.4 cm³/mol. The van der Waals surface area contributed by atoms with Crippen LogP contribution in [0.2, 0.25) is 0 Å². The van der Waals surface area contributed by atoms with Crippen LogP contribution in [-0.2, 0) is 4.79 Å². The highest BCUT2D eigenvalue weighted by molar-refractivity contribution is 5.66. The zero-order valence-electron chi connectivity index (χ0n) is 9.87. The largest absolute Gasteiger partial charge is 0.481 e. The van der Waals surface area contributed by atoms with Crippen LogP contribution in [0.15, 0.2) is 0 Å². The van der Waals surface area contributed by atoms with Crippen molar-refractivity contribution in [1.29, 1.82) is 0 Å². The molecule has 0 atom stereocenters. The van der Waals surface area contributed by atoms with Gasteiger partial charge in [-0.15, -0.1) is 0 Å². The van der Waals surface area contributed by atoms with Crippen molar-refractivity contribution >= 4 is 5.97 Å². The van der Waals surface area contributed by atoms with Crippen LogP contribution < -0.4 is 5.32 Å². The van der Waals surface area contributed by atoms with E-state index in [4.69, 9.17) is 5.11 Å². The third kappa shape index (κ3) is 4.49. The molecule has 0 aromatic heterocycles. The van der Waals surface area contributed by atoms with E-state index >= 15 is 0 Å². The standard InChI is InChI=1S/C12H23NO3/c14-10-12(7-3-1-4-8-12)13-9-5-2-6-11(15)16/h13-14H,1-10H2,(H,15,16). The van der Waals surface area contributed by atoms with Gasteiger partial charge < -0.3 is 15.5 Å². The summed E-state index contributed by atoms with van der Waals surface area (Å²) in [6.45, 7) is 1.01. The summed E-state index contributed by atoms with van der Waals surface area (Å²) in [5.41, 5.74) is -0.0819. The number of nitrogens with one attached hydrogen (secondary N) is 1. The molecule has 16 heavy (non-hydrogen) atoms. The van der Waals surface area contributed by atoms with Crippen molar-refractivity contribution in [2.75, 3.05) is 13.2 Å². The van der Waals surface area contributed by atoms with Gasteiger partial charge in [-0.3, -0.25) is 4.79 Å². The topological polar surface area (TPSA) is 69.6 Å². The predicted octanol–water partition coefficient (Wildman–Crippen LogP) is 1.53. The Morgan fingerprint density at radius 1 is 1.19 bits per heavy atom. The first-order valence-corrected chi connectivity index (χ1v) is 6.26. The number of unbranched alkanes of at least 4 members (excludes halogenated alkanes) is 1. The van der Waals surface area contributed by atoms with Crippen molar-refractivity contribution < 1.29 is 15.0 Å². The minimum Gasteiger partial charge on any atom is -0.481 e. The lowest BCUT2D eigenvalue weighted by molar-refractivity contribution is -0.137. The molecule has 1 saturated carbocycles. The maximum Gasteiger partial charge on any atom is 0.303 e. The Balaban J connectivity index is 2.15. The number of carboxylic acids is 1. The van der Waals surface area contributed by atoms with Gasteiger partial charge in [0.1, 0.15) is 0 Å². The van der Waals surface area contributed by atoms with E-state index < -0.39 is 5.97 Å². The van der Waals surface area contributed by atoms with E-state index in [1.165, 1.54) is 19.3 Å². The molecular weight excluding hydrogens is 206 g/mol. The molecular formula is C12H23NO3. The number of carbonyl (C=O) groups is 1. The SMILES string of the molecule is O=C(O)CCCCNC1(CO)CCCCC1. The molecule has 0 aliphatic heterocycles. The highest BCUT2D eigenvalue weighted by Gasteiger charge is 2.30. The third-order valence-corrected chi connectivity index (χ3v) is 3.43. The van der Waals surface area contributed by atoms with Crippen LogP contribution in [0.4, 0.5) is 0 Å². The van der Waals surface area contributed by atoms with E-state index in [2.05, 4.69) is 5.32 Å². The number of hydrogen-bond donors (Lipinski definition) is 3. The molecule has 0 spiro atoms. The minimum absolute atomic E-state index is 0.0819. The molecule has 0 heterocycles. The summed E-state index contributed by atoms with van der Waals surface area (Å²) in [4.78, 5) is 10.3. The minimum atomic E-state index is -0.727. The highest BCUT2D eigenvalue weighted by atomic mass is 16.4. The summed E-state index contributed by atoms with van der Waals surface area (Å²) in [6.07, 6.45) is 7.55. The van der Waals surface area contributed by atoms with Gasteiger partial charge in [-0.25, -0.2) is 0 Å². The molecule has 3 N–H and O–H groups in total. The fourth-order valence-corrected chi connectivity index (χ4v) is 2.37. The number of rotatable bonds is 7. The van der Waals surface area contributed by atoms with Crippen molar-refractivity contribution in [2.24, 2.45) is 0 Å². The van der Waals surface area contributed by atoms with Gasteiger partial charge in [0, 0.05) is 12.0 Å². The molecule has 1 rings (SSSR count). The molecule has 4 heteroatoms. The summed E-state index contributed by atoms with van der Waals surface area (Å²) in [6, 6.07) is 0. The lowest BCUT2D eigenvalue weighted by atomic mass is 9.82. The van der Waals surface area contributed by atoms with Gasteiger partial charge in [-0.2, -0.15) is 0 Å². The molecule has 4 nitrogen and oxygen atoms in total. The number of aliphatic hydroxyl groups excluding tert-OH is 1. The fourth-order valence-electron chi connectivity index (χ4n) is 2.37. The quantitative estimate of drug-likeness (QED) is 0.579. The number of hydrogen-bond acceptors (Lipinski definition) is 3. The van der Waals surface area contributed by atoms with Crippen molar-refractivity contribution in [2.45, 2.75) is 56.9 Å². The van der Waals surface area contributed by atoms with Crippen LogP contribution >= 0.6 is 0 Å². The maximum absolute atomic E-state index is 10.3. The van der Waals surface area contributed by atoms with Crippen molar-refractivity contribution in [3.05, 3.63) is 0 Å². The molecule has 0 amide bonds. The van der Waals surface area contributed by atoms with Gasteiger partial charge in [0.25, 0.3) is 0 Å². The average Bonchev–Trinajstić information content (AvgIpc) is 2.29. The monoisotopic (exact) mass is 229 g/mol. The second-order valence-electron chi connectivity index (χ2n) is 4.78. The molecule has 0 aromatic rings. The Kier molecular flexibility index (Phi) is 5.77.